The van der Waals surface area contributed by atoms with Crippen molar-refractivity contribution in [2.24, 2.45) is 0 Å². The van der Waals surface area contributed by atoms with E-state index in [9.17, 15) is 0 Å². The van der Waals surface area contributed by atoms with Crippen molar-refractivity contribution >= 4 is 0 Å². The summed E-state index contributed by atoms with van der Waals surface area (Å²) in [4.78, 5) is 8.49. The summed E-state index contributed by atoms with van der Waals surface area (Å²) in [7, 11) is 0. The van der Waals surface area contributed by atoms with E-state index in [0.717, 1.165) is 22.5 Å². The van der Waals surface area contributed by atoms with Gasteiger partial charge in [-0.15, -0.1) is 0 Å². The van der Waals surface area contributed by atoms with Crippen LogP contribution in [0.5, 0.6) is 0 Å². The first-order valence-corrected chi connectivity index (χ1v) is 4.79. The molecule has 0 aliphatic heterocycles. The predicted octanol–water partition coefficient (Wildman–Crippen LogP) is 1.94. The smallest absolute Gasteiger partial charge is 0.0720 e. The van der Waals surface area contributed by atoms with Crippen molar-refractivity contribution in [3.8, 4) is 11.3 Å². The molecule has 0 radical (unpaired) electrons. The average molecular weight is 200 g/mol. The molecule has 2 rings (SSSR count). The number of aromatic nitrogens is 2. The molecule has 0 bridgehead atoms. The molecule has 1 N–H and O–H groups in total. The van der Waals surface area contributed by atoms with Gasteiger partial charge in [0.05, 0.1) is 12.3 Å². The largest absolute Gasteiger partial charge is 0.392 e. The van der Waals surface area contributed by atoms with Crippen LogP contribution >= 0.6 is 0 Å². The quantitative estimate of drug-likeness (QED) is 0.805. The van der Waals surface area contributed by atoms with Gasteiger partial charge in [0.25, 0.3) is 0 Å². The molecule has 2 aromatic heterocycles. The first-order chi connectivity index (χ1) is 7.31. The lowest BCUT2D eigenvalue weighted by Gasteiger charge is -2.04. The van der Waals surface area contributed by atoms with E-state index in [0.29, 0.717) is 0 Å². The van der Waals surface area contributed by atoms with E-state index in [1.54, 1.807) is 12.4 Å². The van der Waals surface area contributed by atoms with Gasteiger partial charge in [-0.25, -0.2) is 0 Å². The Morgan fingerprint density at radius 1 is 1.20 bits per heavy atom. The van der Waals surface area contributed by atoms with E-state index in [4.69, 9.17) is 5.11 Å². The maximum Gasteiger partial charge on any atom is 0.0720 e. The zero-order chi connectivity index (χ0) is 10.7. The zero-order valence-electron chi connectivity index (χ0n) is 8.51. The van der Waals surface area contributed by atoms with Crippen LogP contribution in [0.25, 0.3) is 11.3 Å². The van der Waals surface area contributed by atoms with Gasteiger partial charge in [0, 0.05) is 23.7 Å². The number of pyridine rings is 2. The number of rotatable bonds is 2. The maximum atomic E-state index is 8.90. The Morgan fingerprint density at radius 3 is 2.67 bits per heavy atom. The van der Waals surface area contributed by atoms with E-state index >= 15 is 0 Å². The zero-order valence-corrected chi connectivity index (χ0v) is 8.51. The minimum absolute atomic E-state index is 0.0271. The Labute approximate surface area is 88.5 Å². The fraction of sp³-hybridized carbons (Fsp3) is 0.167. The second-order valence-electron chi connectivity index (χ2n) is 3.35. The lowest BCUT2D eigenvalue weighted by molar-refractivity contribution is 0.281. The van der Waals surface area contributed by atoms with Crippen molar-refractivity contribution in [3.05, 3.63) is 47.9 Å². The summed E-state index contributed by atoms with van der Waals surface area (Å²) in [6.07, 6.45) is 3.45. The predicted molar refractivity (Wildman–Crippen MR) is 58.1 cm³/mol. The van der Waals surface area contributed by atoms with Crippen molar-refractivity contribution in [3.63, 3.8) is 0 Å². The van der Waals surface area contributed by atoms with E-state index in [1.165, 1.54) is 0 Å². The summed E-state index contributed by atoms with van der Waals surface area (Å²) in [6, 6.07) is 7.65. The molecule has 2 heterocycles. The average Bonchev–Trinajstić information content (AvgIpc) is 2.30. The molecule has 0 amide bonds. The lowest BCUT2D eigenvalue weighted by atomic mass is 10.1. The van der Waals surface area contributed by atoms with Crippen LogP contribution in [0.3, 0.4) is 0 Å². The third-order valence-electron chi connectivity index (χ3n) is 2.29. The molecule has 2 aromatic rings. The molecule has 0 unspecified atom stereocenters. The molecule has 0 saturated carbocycles. The van der Waals surface area contributed by atoms with Crippen molar-refractivity contribution in [2.45, 2.75) is 13.5 Å². The molecule has 0 aliphatic rings. The highest BCUT2D eigenvalue weighted by Crippen LogP contribution is 2.19. The van der Waals surface area contributed by atoms with Crippen LogP contribution in [-0.4, -0.2) is 15.1 Å². The minimum atomic E-state index is 0.0271. The topological polar surface area (TPSA) is 46.0 Å². The van der Waals surface area contributed by atoms with Crippen LogP contribution in [0.2, 0.25) is 0 Å². The summed E-state index contributed by atoms with van der Waals surface area (Å²) < 4.78 is 0. The van der Waals surface area contributed by atoms with Crippen LogP contribution < -0.4 is 0 Å². The number of aliphatic hydroxyl groups excluding tert-OH is 1. The van der Waals surface area contributed by atoms with Crippen molar-refractivity contribution in [2.75, 3.05) is 0 Å². The summed E-state index contributed by atoms with van der Waals surface area (Å²) >= 11 is 0. The number of aryl methyl sites for hydroxylation is 1. The van der Waals surface area contributed by atoms with Crippen molar-refractivity contribution in [1.82, 2.24) is 9.97 Å². The van der Waals surface area contributed by atoms with Crippen LogP contribution in [0, 0.1) is 6.92 Å². The van der Waals surface area contributed by atoms with E-state index in [2.05, 4.69) is 9.97 Å². The maximum absolute atomic E-state index is 8.90. The van der Waals surface area contributed by atoms with Gasteiger partial charge < -0.3 is 5.11 Å². The third-order valence-corrected chi connectivity index (χ3v) is 2.29. The van der Waals surface area contributed by atoms with Gasteiger partial charge in [-0.05, 0) is 30.7 Å². The molecule has 0 saturated heterocycles. The highest BCUT2D eigenvalue weighted by molar-refractivity contribution is 5.61. The first-order valence-electron chi connectivity index (χ1n) is 4.79. The van der Waals surface area contributed by atoms with Gasteiger partial charge in [0.2, 0.25) is 0 Å². The third kappa shape index (κ3) is 2.02. The summed E-state index contributed by atoms with van der Waals surface area (Å²) in [5.41, 5.74) is 3.70. The fourth-order valence-electron chi connectivity index (χ4n) is 1.43. The summed E-state index contributed by atoms with van der Waals surface area (Å²) in [5, 5.41) is 8.90. The number of aliphatic hydroxyl groups is 1. The Kier molecular flexibility index (Phi) is 2.74. The van der Waals surface area contributed by atoms with Crippen LogP contribution in [0.15, 0.2) is 36.7 Å². The van der Waals surface area contributed by atoms with Crippen LogP contribution in [-0.2, 0) is 6.61 Å². The monoisotopic (exact) mass is 200 g/mol. The van der Waals surface area contributed by atoms with Gasteiger partial charge in [-0.2, -0.15) is 0 Å². The van der Waals surface area contributed by atoms with Gasteiger partial charge in [0.1, 0.15) is 0 Å². The van der Waals surface area contributed by atoms with Gasteiger partial charge in [-0.1, -0.05) is 6.07 Å². The SMILES string of the molecule is Cc1ncccc1-c1ccc(CO)cn1. The lowest BCUT2D eigenvalue weighted by Crippen LogP contribution is -1.91. The van der Waals surface area contributed by atoms with E-state index < -0.39 is 0 Å². The molecule has 0 spiro atoms. The molecule has 0 atom stereocenters. The highest BCUT2D eigenvalue weighted by atomic mass is 16.3. The number of hydrogen-bond donors (Lipinski definition) is 1. The van der Waals surface area contributed by atoms with Gasteiger partial charge >= 0.3 is 0 Å². The first kappa shape index (κ1) is 9.80. The molecule has 0 aliphatic carbocycles. The van der Waals surface area contributed by atoms with Crippen LogP contribution in [0.4, 0.5) is 0 Å². The highest BCUT2D eigenvalue weighted by Gasteiger charge is 2.02. The second-order valence-corrected chi connectivity index (χ2v) is 3.35. The standard InChI is InChI=1S/C12H12N2O/c1-9-11(3-2-6-13-9)12-5-4-10(8-15)7-14-12/h2-7,15H,8H2,1H3. The van der Waals surface area contributed by atoms with Gasteiger partial charge in [0.15, 0.2) is 0 Å². The Morgan fingerprint density at radius 2 is 2.07 bits per heavy atom. The van der Waals surface area contributed by atoms with Gasteiger partial charge in [-0.3, -0.25) is 9.97 Å². The summed E-state index contributed by atoms with van der Waals surface area (Å²) in [5.74, 6) is 0. The number of hydrogen-bond acceptors (Lipinski definition) is 3. The molecular formula is C12H12N2O. The summed E-state index contributed by atoms with van der Waals surface area (Å²) in [6.45, 7) is 1.98. The molecule has 0 aromatic carbocycles. The fourth-order valence-corrected chi connectivity index (χ4v) is 1.43. The molecule has 15 heavy (non-hydrogen) atoms. The van der Waals surface area contributed by atoms with E-state index in [-0.39, 0.29) is 6.61 Å². The molecule has 3 heteroatoms. The van der Waals surface area contributed by atoms with Crippen LogP contribution in [0.1, 0.15) is 11.3 Å². The molecule has 3 nitrogen and oxygen atoms in total. The Bertz CT molecular complexity index is 451. The van der Waals surface area contributed by atoms with E-state index in [1.807, 2.05) is 31.2 Å². The van der Waals surface area contributed by atoms with Crippen molar-refractivity contribution < 1.29 is 5.11 Å². The Hall–Kier alpha value is -1.74. The number of nitrogens with zero attached hydrogens (tertiary/aromatic N) is 2. The molecule has 76 valence electrons. The molecular weight excluding hydrogens is 188 g/mol. The second kappa shape index (κ2) is 4.19. The Balaban J connectivity index is 2.42. The molecule has 0 fully saturated rings. The normalized spacial score (nSPS) is 10.3. The minimum Gasteiger partial charge on any atom is -0.392 e. The van der Waals surface area contributed by atoms with Crippen molar-refractivity contribution in [1.29, 1.82) is 0 Å².